The molecule has 1 aromatic carbocycles. The Bertz CT molecular complexity index is 700. The van der Waals surface area contributed by atoms with Crippen LogP contribution >= 0.6 is 0 Å². The van der Waals surface area contributed by atoms with Crippen LogP contribution in [0.2, 0.25) is 0 Å². The molecule has 1 aliphatic heterocycles. The number of nitrogens with one attached hydrogen (secondary N) is 2. The third-order valence-electron chi connectivity index (χ3n) is 4.03. The Morgan fingerprint density at radius 1 is 1.39 bits per heavy atom. The molecule has 1 aliphatic rings. The average molecular weight is 314 g/mol. The highest BCUT2D eigenvalue weighted by Crippen LogP contribution is 2.21. The van der Waals surface area contributed by atoms with Gasteiger partial charge in [-0.25, -0.2) is 9.37 Å². The second-order valence-electron chi connectivity index (χ2n) is 5.60. The number of nitrogens with zero attached hydrogens (tertiary/aromatic N) is 2. The van der Waals surface area contributed by atoms with Gasteiger partial charge in [-0.15, -0.1) is 0 Å². The monoisotopic (exact) mass is 314 g/mol. The predicted octanol–water partition coefficient (Wildman–Crippen LogP) is 2.40. The summed E-state index contributed by atoms with van der Waals surface area (Å²) in [6.45, 7) is 1.72. The molecule has 1 fully saturated rings. The van der Waals surface area contributed by atoms with Gasteiger partial charge in [0.1, 0.15) is 11.6 Å². The molecule has 23 heavy (non-hydrogen) atoms. The maximum absolute atomic E-state index is 13.3. The predicted molar refractivity (Wildman–Crippen MR) is 87.3 cm³/mol. The molecule has 0 aliphatic carbocycles. The van der Waals surface area contributed by atoms with E-state index in [1.54, 1.807) is 42.4 Å². The van der Waals surface area contributed by atoms with Crippen LogP contribution in [0.15, 0.2) is 42.6 Å². The third kappa shape index (κ3) is 3.48. The van der Waals surface area contributed by atoms with Crippen LogP contribution in [0, 0.1) is 5.82 Å². The molecule has 1 atom stereocenters. The van der Waals surface area contributed by atoms with Gasteiger partial charge in [-0.05, 0) is 43.3 Å². The van der Waals surface area contributed by atoms with E-state index in [0.717, 1.165) is 19.5 Å². The lowest BCUT2D eigenvalue weighted by Crippen LogP contribution is -2.38. The number of anilines is 2. The molecule has 0 spiro atoms. The molecule has 1 amide bonds. The number of likely N-dealkylation sites (N-methyl/N-ethyl adjacent to an activating group) is 1. The molecule has 0 radical (unpaired) electrons. The summed E-state index contributed by atoms with van der Waals surface area (Å²) in [7, 11) is 1.80. The Hall–Kier alpha value is -2.47. The minimum Gasteiger partial charge on any atom is -0.339 e. The second kappa shape index (κ2) is 6.75. The number of halogens is 1. The van der Waals surface area contributed by atoms with Gasteiger partial charge in [0.25, 0.3) is 5.91 Å². The molecule has 0 unspecified atom stereocenters. The summed E-state index contributed by atoms with van der Waals surface area (Å²) < 4.78 is 13.3. The summed E-state index contributed by atoms with van der Waals surface area (Å²) in [5, 5.41) is 6.28. The van der Waals surface area contributed by atoms with Gasteiger partial charge >= 0.3 is 0 Å². The molecule has 0 bridgehead atoms. The van der Waals surface area contributed by atoms with Crippen LogP contribution in [0.1, 0.15) is 16.8 Å². The van der Waals surface area contributed by atoms with Crippen molar-refractivity contribution in [3.8, 4) is 0 Å². The summed E-state index contributed by atoms with van der Waals surface area (Å²) in [5.74, 6) is -0.000403. The van der Waals surface area contributed by atoms with E-state index in [9.17, 15) is 9.18 Å². The van der Waals surface area contributed by atoms with Crippen LogP contribution < -0.4 is 10.6 Å². The van der Waals surface area contributed by atoms with E-state index < -0.39 is 0 Å². The number of rotatable bonds is 4. The van der Waals surface area contributed by atoms with E-state index in [1.165, 1.54) is 12.1 Å². The van der Waals surface area contributed by atoms with E-state index >= 15 is 0 Å². The quantitative estimate of drug-likeness (QED) is 0.910. The van der Waals surface area contributed by atoms with Gasteiger partial charge < -0.3 is 15.5 Å². The number of benzene rings is 1. The van der Waals surface area contributed by atoms with Crippen LogP contribution in [0.3, 0.4) is 0 Å². The SMILES string of the molecule is CN(C(=O)c1cccnc1Nc1cccc(F)c1)[C@H]1CCNC1. The number of hydrogen-bond acceptors (Lipinski definition) is 4. The number of pyridine rings is 1. The van der Waals surface area contributed by atoms with Gasteiger partial charge in [-0.3, -0.25) is 4.79 Å². The number of carbonyl (C=O) groups is 1. The molecule has 5 nitrogen and oxygen atoms in total. The first-order chi connectivity index (χ1) is 11.1. The van der Waals surface area contributed by atoms with Crippen molar-refractivity contribution >= 4 is 17.4 Å². The summed E-state index contributed by atoms with van der Waals surface area (Å²) >= 11 is 0. The van der Waals surface area contributed by atoms with Crippen molar-refractivity contribution in [2.75, 3.05) is 25.5 Å². The van der Waals surface area contributed by atoms with Gasteiger partial charge in [-0.2, -0.15) is 0 Å². The molecule has 120 valence electrons. The largest absolute Gasteiger partial charge is 0.339 e. The van der Waals surface area contributed by atoms with E-state index in [2.05, 4.69) is 15.6 Å². The van der Waals surface area contributed by atoms with Crippen molar-refractivity contribution in [1.82, 2.24) is 15.2 Å². The molecule has 1 aromatic heterocycles. The van der Waals surface area contributed by atoms with E-state index in [4.69, 9.17) is 0 Å². The van der Waals surface area contributed by atoms with Crippen LogP contribution in [0.5, 0.6) is 0 Å². The Morgan fingerprint density at radius 2 is 2.26 bits per heavy atom. The van der Waals surface area contributed by atoms with E-state index in [1.807, 2.05) is 0 Å². The number of carbonyl (C=O) groups excluding carboxylic acids is 1. The second-order valence-corrected chi connectivity index (χ2v) is 5.60. The Labute approximate surface area is 134 Å². The zero-order valence-electron chi connectivity index (χ0n) is 12.9. The van der Waals surface area contributed by atoms with E-state index in [-0.39, 0.29) is 17.8 Å². The number of aromatic nitrogens is 1. The highest BCUT2D eigenvalue weighted by Gasteiger charge is 2.25. The first kappa shape index (κ1) is 15.4. The summed E-state index contributed by atoms with van der Waals surface area (Å²) in [6.07, 6.45) is 2.55. The normalized spacial score (nSPS) is 17.0. The third-order valence-corrected chi connectivity index (χ3v) is 4.03. The van der Waals surface area contributed by atoms with Crippen LogP contribution in [0.4, 0.5) is 15.9 Å². The topological polar surface area (TPSA) is 57.3 Å². The zero-order valence-corrected chi connectivity index (χ0v) is 12.9. The van der Waals surface area contributed by atoms with Crippen LogP contribution in [0.25, 0.3) is 0 Å². The van der Waals surface area contributed by atoms with Gasteiger partial charge in [0.05, 0.1) is 5.56 Å². The van der Waals surface area contributed by atoms with Crippen molar-refractivity contribution in [2.45, 2.75) is 12.5 Å². The molecule has 2 N–H and O–H groups in total. The maximum Gasteiger partial charge on any atom is 0.257 e. The average Bonchev–Trinajstić information content (AvgIpc) is 3.08. The molecule has 2 aromatic rings. The number of amides is 1. The lowest BCUT2D eigenvalue weighted by atomic mass is 10.1. The fourth-order valence-electron chi connectivity index (χ4n) is 2.71. The Morgan fingerprint density at radius 3 is 3.00 bits per heavy atom. The summed E-state index contributed by atoms with van der Waals surface area (Å²) in [5.41, 5.74) is 1.04. The highest BCUT2D eigenvalue weighted by atomic mass is 19.1. The van der Waals surface area contributed by atoms with Gasteiger partial charge in [0.2, 0.25) is 0 Å². The molecular weight excluding hydrogens is 295 g/mol. The Balaban J connectivity index is 1.83. The van der Waals surface area contributed by atoms with Crippen molar-refractivity contribution < 1.29 is 9.18 Å². The van der Waals surface area contributed by atoms with Gasteiger partial charge in [0, 0.05) is 31.5 Å². The fraction of sp³-hybridized carbons (Fsp3) is 0.294. The number of hydrogen-bond donors (Lipinski definition) is 2. The first-order valence-electron chi connectivity index (χ1n) is 7.60. The molecule has 2 heterocycles. The molecule has 0 saturated carbocycles. The molecule has 1 saturated heterocycles. The summed E-state index contributed by atoms with van der Waals surface area (Å²) in [6, 6.07) is 9.73. The van der Waals surface area contributed by atoms with Crippen LogP contribution in [-0.4, -0.2) is 42.0 Å². The standard InChI is InChI=1S/C17H19FN4O/c1-22(14-7-9-19-11-14)17(23)15-6-3-8-20-16(15)21-13-5-2-4-12(18)10-13/h2-6,8,10,14,19H,7,9,11H2,1H3,(H,20,21)/t14-/m0/s1. The fourth-order valence-corrected chi connectivity index (χ4v) is 2.71. The Kier molecular flexibility index (Phi) is 4.52. The molecular formula is C17H19FN4O. The van der Waals surface area contributed by atoms with Crippen molar-refractivity contribution in [2.24, 2.45) is 0 Å². The molecule has 6 heteroatoms. The molecule has 3 rings (SSSR count). The van der Waals surface area contributed by atoms with Crippen molar-refractivity contribution in [3.63, 3.8) is 0 Å². The van der Waals surface area contributed by atoms with Gasteiger partial charge in [0.15, 0.2) is 0 Å². The smallest absolute Gasteiger partial charge is 0.257 e. The lowest BCUT2D eigenvalue weighted by molar-refractivity contribution is 0.0744. The minimum absolute atomic E-state index is 0.0919. The maximum atomic E-state index is 13.3. The lowest BCUT2D eigenvalue weighted by Gasteiger charge is -2.24. The summed E-state index contributed by atoms with van der Waals surface area (Å²) in [4.78, 5) is 18.7. The van der Waals surface area contributed by atoms with Crippen molar-refractivity contribution in [3.05, 3.63) is 54.0 Å². The van der Waals surface area contributed by atoms with Gasteiger partial charge in [-0.1, -0.05) is 6.07 Å². The van der Waals surface area contributed by atoms with E-state index in [0.29, 0.717) is 17.1 Å². The first-order valence-corrected chi connectivity index (χ1v) is 7.60. The van der Waals surface area contributed by atoms with Crippen molar-refractivity contribution in [1.29, 1.82) is 0 Å². The minimum atomic E-state index is -0.340. The zero-order chi connectivity index (χ0) is 16.2. The highest BCUT2D eigenvalue weighted by molar-refractivity contribution is 5.99. The van der Waals surface area contributed by atoms with Crippen LogP contribution in [-0.2, 0) is 0 Å².